The maximum atomic E-state index is 12.8. The normalized spacial score (nSPS) is 11.0. The summed E-state index contributed by atoms with van der Waals surface area (Å²) in [6.07, 6.45) is 0. The number of nitrogens with zero attached hydrogens (tertiary/aromatic N) is 1. The van der Waals surface area contributed by atoms with Crippen molar-refractivity contribution in [3.63, 3.8) is 0 Å². The Balaban J connectivity index is 1.63. The Morgan fingerprint density at radius 2 is 1.89 bits per heavy atom. The summed E-state index contributed by atoms with van der Waals surface area (Å²) in [5.74, 6) is 1.98. The van der Waals surface area contributed by atoms with Crippen molar-refractivity contribution in [2.75, 3.05) is 12.4 Å². The lowest BCUT2D eigenvalue weighted by Gasteiger charge is -2.05. The van der Waals surface area contributed by atoms with Gasteiger partial charge in [-0.1, -0.05) is 6.07 Å². The summed E-state index contributed by atoms with van der Waals surface area (Å²) in [7, 11) is 1.61. The van der Waals surface area contributed by atoms with Crippen molar-refractivity contribution >= 4 is 22.6 Å². The van der Waals surface area contributed by atoms with E-state index in [0.717, 1.165) is 28.0 Å². The number of anilines is 1. The molecule has 1 N–H and O–H groups in total. The predicted octanol–water partition coefficient (Wildman–Crippen LogP) is 5.27. The number of aromatic nitrogens is 1. The number of nitrogens with one attached hydrogen (secondary N) is 1. The van der Waals surface area contributed by atoms with Gasteiger partial charge in [-0.25, -0.2) is 4.98 Å². The number of hydrogen-bond acceptors (Lipinski definition) is 5. The summed E-state index contributed by atoms with van der Waals surface area (Å²) in [4.78, 5) is 17.2. The molecule has 0 atom stereocenters. The minimum atomic E-state index is -0.315. The fourth-order valence-corrected chi connectivity index (χ4v) is 3.06. The van der Waals surface area contributed by atoms with E-state index in [1.54, 1.807) is 19.2 Å². The zero-order chi connectivity index (χ0) is 19.8. The van der Waals surface area contributed by atoms with Gasteiger partial charge in [-0.15, -0.1) is 0 Å². The first-order chi connectivity index (χ1) is 13.5. The maximum absolute atomic E-state index is 12.8. The minimum absolute atomic E-state index is 0.275. The topological polar surface area (TPSA) is 77.5 Å². The van der Waals surface area contributed by atoms with Gasteiger partial charge in [-0.05, 0) is 57.2 Å². The van der Waals surface area contributed by atoms with E-state index in [4.69, 9.17) is 13.6 Å². The van der Waals surface area contributed by atoms with Crippen LogP contribution in [0.3, 0.4) is 0 Å². The Morgan fingerprint density at radius 3 is 2.61 bits per heavy atom. The number of oxazole rings is 1. The number of carbonyl (C=O) groups excluding carboxylic acids is 1. The van der Waals surface area contributed by atoms with Crippen LogP contribution in [0.4, 0.5) is 5.69 Å². The molecular formula is C22H20N2O4. The first-order valence-electron chi connectivity index (χ1n) is 8.89. The van der Waals surface area contributed by atoms with Gasteiger partial charge >= 0.3 is 0 Å². The van der Waals surface area contributed by atoms with Crippen LogP contribution in [0.15, 0.2) is 51.3 Å². The third-order valence-electron chi connectivity index (χ3n) is 4.75. The number of carbonyl (C=O) groups is 1. The number of furan rings is 1. The third kappa shape index (κ3) is 3.13. The van der Waals surface area contributed by atoms with Crippen LogP contribution in [0.25, 0.3) is 22.4 Å². The van der Waals surface area contributed by atoms with Crippen molar-refractivity contribution in [2.45, 2.75) is 20.8 Å². The Morgan fingerprint density at radius 1 is 1.07 bits per heavy atom. The van der Waals surface area contributed by atoms with E-state index in [9.17, 15) is 4.79 Å². The molecule has 1 amide bonds. The molecule has 0 aliphatic rings. The molecule has 0 aliphatic heterocycles. The van der Waals surface area contributed by atoms with Gasteiger partial charge in [0.1, 0.15) is 17.1 Å². The summed E-state index contributed by atoms with van der Waals surface area (Å²) in [5.41, 5.74) is 3.68. The molecule has 0 aliphatic carbocycles. The van der Waals surface area contributed by atoms with Crippen molar-refractivity contribution in [1.29, 1.82) is 0 Å². The highest BCUT2D eigenvalue weighted by Gasteiger charge is 2.19. The van der Waals surface area contributed by atoms with Crippen LogP contribution >= 0.6 is 0 Å². The smallest absolute Gasteiger partial charge is 0.291 e. The molecule has 4 rings (SSSR count). The van der Waals surface area contributed by atoms with Crippen LogP contribution in [-0.4, -0.2) is 18.0 Å². The molecule has 0 unspecified atom stereocenters. The molecule has 6 heteroatoms. The molecule has 0 bridgehead atoms. The number of benzene rings is 2. The third-order valence-corrected chi connectivity index (χ3v) is 4.75. The van der Waals surface area contributed by atoms with E-state index in [0.29, 0.717) is 22.9 Å². The van der Waals surface area contributed by atoms with Crippen LogP contribution in [0.5, 0.6) is 5.75 Å². The standard InChI is InChI=1S/C22H20N2O4/c1-12-18-11-17(26-4)8-9-19(18)28-20(12)21(25)24-16-7-5-6-15(10-16)22-23-13(2)14(3)27-22/h5-11H,1-4H3,(H,24,25). The molecule has 28 heavy (non-hydrogen) atoms. The van der Waals surface area contributed by atoms with Crippen molar-refractivity contribution in [2.24, 2.45) is 0 Å². The van der Waals surface area contributed by atoms with Crippen molar-refractivity contribution < 1.29 is 18.4 Å². The quantitative estimate of drug-likeness (QED) is 0.525. The monoisotopic (exact) mass is 376 g/mol. The second-order valence-electron chi connectivity index (χ2n) is 6.61. The van der Waals surface area contributed by atoms with Crippen LogP contribution in [0.1, 0.15) is 27.6 Å². The zero-order valence-corrected chi connectivity index (χ0v) is 16.1. The first kappa shape index (κ1) is 17.9. The molecular weight excluding hydrogens is 356 g/mol. The van der Waals surface area contributed by atoms with Crippen molar-refractivity contribution in [1.82, 2.24) is 4.98 Å². The largest absolute Gasteiger partial charge is 0.497 e. The van der Waals surface area contributed by atoms with Gasteiger partial charge < -0.3 is 18.9 Å². The van der Waals surface area contributed by atoms with Crippen LogP contribution < -0.4 is 10.1 Å². The Hall–Kier alpha value is -3.54. The first-order valence-corrected chi connectivity index (χ1v) is 8.89. The zero-order valence-electron chi connectivity index (χ0n) is 16.1. The lowest BCUT2D eigenvalue weighted by molar-refractivity contribution is 0.0998. The number of fused-ring (bicyclic) bond motifs is 1. The van der Waals surface area contributed by atoms with Gasteiger partial charge in [0.15, 0.2) is 5.76 Å². The second kappa shape index (κ2) is 6.88. The van der Waals surface area contributed by atoms with Crippen LogP contribution in [-0.2, 0) is 0 Å². The van der Waals surface area contributed by atoms with E-state index < -0.39 is 0 Å². The number of ether oxygens (including phenoxy) is 1. The van der Waals surface area contributed by atoms with Gasteiger partial charge in [0.05, 0.1) is 12.8 Å². The average Bonchev–Trinajstić information content (AvgIpc) is 3.21. The van der Waals surface area contributed by atoms with Gasteiger partial charge in [-0.2, -0.15) is 0 Å². The lowest BCUT2D eigenvalue weighted by Crippen LogP contribution is -2.12. The number of rotatable bonds is 4. The summed E-state index contributed by atoms with van der Waals surface area (Å²) in [5, 5.41) is 3.74. The molecule has 4 aromatic rings. The fraction of sp³-hybridized carbons (Fsp3) is 0.182. The molecule has 2 aromatic carbocycles. The van der Waals surface area contributed by atoms with E-state index >= 15 is 0 Å². The average molecular weight is 376 g/mol. The summed E-state index contributed by atoms with van der Waals surface area (Å²) >= 11 is 0. The molecule has 0 fully saturated rings. The van der Waals surface area contributed by atoms with E-state index in [2.05, 4.69) is 10.3 Å². The highest BCUT2D eigenvalue weighted by atomic mass is 16.5. The van der Waals surface area contributed by atoms with Gasteiger partial charge in [-0.3, -0.25) is 4.79 Å². The van der Waals surface area contributed by atoms with Crippen molar-refractivity contribution in [3.05, 3.63) is 65.2 Å². The fourth-order valence-electron chi connectivity index (χ4n) is 3.06. The Kier molecular flexibility index (Phi) is 4.39. The highest BCUT2D eigenvalue weighted by Crippen LogP contribution is 2.30. The minimum Gasteiger partial charge on any atom is -0.497 e. The molecule has 0 spiro atoms. The maximum Gasteiger partial charge on any atom is 0.291 e. The Bertz CT molecular complexity index is 1170. The summed E-state index contributed by atoms with van der Waals surface area (Å²) in [6.45, 7) is 5.62. The van der Waals surface area contributed by atoms with E-state index in [-0.39, 0.29) is 11.7 Å². The molecule has 2 aromatic heterocycles. The molecule has 142 valence electrons. The number of aryl methyl sites for hydroxylation is 3. The lowest BCUT2D eigenvalue weighted by atomic mass is 10.1. The summed E-state index contributed by atoms with van der Waals surface area (Å²) < 4.78 is 16.7. The van der Waals surface area contributed by atoms with Crippen LogP contribution in [0.2, 0.25) is 0 Å². The Labute approximate surface area is 162 Å². The second-order valence-corrected chi connectivity index (χ2v) is 6.61. The molecule has 0 saturated carbocycles. The van der Waals surface area contributed by atoms with Crippen LogP contribution in [0, 0.1) is 20.8 Å². The van der Waals surface area contributed by atoms with E-state index in [1.807, 2.05) is 51.1 Å². The molecule has 2 heterocycles. The van der Waals surface area contributed by atoms with Crippen molar-refractivity contribution in [3.8, 4) is 17.2 Å². The van der Waals surface area contributed by atoms with Gasteiger partial charge in [0.25, 0.3) is 5.91 Å². The molecule has 0 saturated heterocycles. The molecule has 0 radical (unpaired) electrons. The van der Waals surface area contributed by atoms with E-state index in [1.165, 1.54) is 0 Å². The predicted molar refractivity (Wildman–Crippen MR) is 107 cm³/mol. The number of methoxy groups -OCH3 is 1. The van der Waals surface area contributed by atoms with Gasteiger partial charge in [0, 0.05) is 22.2 Å². The number of amides is 1. The summed E-state index contributed by atoms with van der Waals surface area (Å²) in [6, 6.07) is 12.8. The van der Waals surface area contributed by atoms with Gasteiger partial charge in [0.2, 0.25) is 5.89 Å². The highest BCUT2D eigenvalue weighted by molar-refractivity contribution is 6.06. The SMILES string of the molecule is COc1ccc2oc(C(=O)Nc3cccc(-c4nc(C)c(C)o4)c3)c(C)c2c1. The number of hydrogen-bond donors (Lipinski definition) is 1. The molecule has 6 nitrogen and oxygen atoms in total.